The SMILES string of the molecule is CCCOC(=O)C(C)Sc1nnc(-c2sccc2C)o1. The van der Waals surface area contributed by atoms with Crippen molar-refractivity contribution in [2.75, 3.05) is 6.61 Å². The van der Waals surface area contributed by atoms with E-state index in [-0.39, 0.29) is 11.2 Å². The number of nitrogens with zero attached hydrogens (tertiary/aromatic N) is 2. The number of rotatable bonds is 6. The molecular formula is C13H16N2O3S2. The Hall–Kier alpha value is -1.34. The van der Waals surface area contributed by atoms with E-state index in [1.54, 1.807) is 18.3 Å². The van der Waals surface area contributed by atoms with Crippen molar-refractivity contribution in [2.24, 2.45) is 0 Å². The summed E-state index contributed by atoms with van der Waals surface area (Å²) in [5.74, 6) is 0.234. The lowest BCUT2D eigenvalue weighted by Crippen LogP contribution is -2.17. The van der Waals surface area contributed by atoms with Crippen molar-refractivity contribution in [2.45, 2.75) is 37.7 Å². The second-order valence-electron chi connectivity index (χ2n) is 4.23. The summed E-state index contributed by atoms with van der Waals surface area (Å²) in [5.41, 5.74) is 1.10. The van der Waals surface area contributed by atoms with E-state index in [0.29, 0.717) is 17.7 Å². The van der Waals surface area contributed by atoms with Crippen LogP contribution in [0, 0.1) is 6.92 Å². The zero-order valence-corrected chi connectivity index (χ0v) is 13.2. The molecule has 20 heavy (non-hydrogen) atoms. The second kappa shape index (κ2) is 6.90. The van der Waals surface area contributed by atoms with E-state index in [1.165, 1.54) is 11.8 Å². The first-order valence-electron chi connectivity index (χ1n) is 6.33. The van der Waals surface area contributed by atoms with Gasteiger partial charge in [0.25, 0.3) is 11.1 Å². The minimum Gasteiger partial charge on any atom is -0.465 e. The first kappa shape index (κ1) is 15.1. The summed E-state index contributed by atoms with van der Waals surface area (Å²) in [6.07, 6.45) is 0.811. The first-order chi connectivity index (χ1) is 9.61. The van der Waals surface area contributed by atoms with Gasteiger partial charge < -0.3 is 9.15 Å². The fourth-order valence-corrected chi connectivity index (χ4v) is 2.99. The van der Waals surface area contributed by atoms with Crippen molar-refractivity contribution in [1.29, 1.82) is 0 Å². The molecular weight excluding hydrogens is 296 g/mol. The largest absolute Gasteiger partial charge is 0.465 e. The average molecular weight is 312 g/mol. The summed E-state index contributed by atoms with van der Waals surface area (Å²) in [6.45, 7) is 6.16. The minimum absolute atomic E-state index is 0.260. The number of aromatic nitrogens is 2. The van der Waals surface area contributed by atoms with E-state index in [9.17, 15) is 4.79 Å². The fraction of sp³-hybridized carbons (Fsp3) is 0.462. The van der Waals surface area contributed by atoms with Crippen molar-refractivity contribution >= 4 is 29.1 Å². The molecule has 0 fully saturated rings. The first-order valence-corrected chi connectivity index (χ1v) is 8.09. The van der Waals surface area contributed by atoms with Crippen molar-refractivity contribution in [3.05, 3.63) is 17.0 Å². The van der Waals surface area contributed by atoms with Crippen LogP contribution < -0.4 is 0 Å². The molecule has 2 aromatic rings. The number of carbonyl (C=O) groups excluding carboxylic acids is 1. The van der Waals surface area contributed by atoms with Crippen LogP contribution in [-0.2, 0) is 9.53 Å². The van der Waals surface area contributed by atoms with Crippen LogP contribution in [0.4, 0.5) is 0 Å². The number of thioether (sulfide) groups is 1. The Morgan fingerprint density at radius 3 is 3.00 bits per heavy atom. The lowest BCUT2D eigenvalue weighted by atomic mass is 10.3. The van der Waals surface area contributed by atoms with Crippen LogP contribution in [0.5, 0.6) is 0 Å². The Labute approximate surface area is 125 Å². The molecule has 5 nitrogen and oxygen atoms in total. The molecule has 0 saturated heterocycles. The number of esters is 1. The monoisotopic (exact) mass is 312 g/mol. The lowest BCUT2D eigenvalue weighted by molar-refractivity contribution is -0.142. The molecule has 2 rings (SSSR count). The van der Waals surface area contributed by atoms with Crippen LogP contribution in [0.15, 0.2) is 21.1 Å². The molecule has 2 heterocycles. The average Bonchev–Trinajstić information content (AvgIpc) is 3.04. The van der Waals surface area contributed by atoms with Gasteiger partial charge in [0, 0.05) is 0 Å². The van der Waals surface area contributed by atoms with Crippen molar-refractivity contribution in [1.82, 2.24) is 10.2 Å². The highest BCUT2D eigenvalue weighted by atomic mass is 32.2. The standard InChI is InChI=1S/C13H16N2O3S2/c1-4-6-17-12(16)9(3)20-13-15-14-11(18-13)10-8(2)5-7-19-10/h5,7,9H,4,6H2,1-3H3. The maximum atomic E-state index is 11.7. The predicted molar refractivity (Wildman–Crippen MR) is 78.9 cm³/mol. The molecule has 0 saturated carbocycles. The van der Waals surface area contributed by atoms with Gasteiger partial charge in [0.15, 0.2) is 0 Å². The number of thiophene rings is 1. The highest BCUT2D eigenvalue weighted by molar-refractivity contribution is 8.00. The number of carbonyl (C=O) groups is 1. The van der Waals surface area contributed by atoms with Crippen LogP contribution in [0.1, 0.15) is 25.8 Å². The summed E-state index contributed by atoms with van der Waals surface area (Å²) in [7, 11) is 0. The number of hydrogen-bond donors (Lipinski definition) is 0. The molecule has 0 bridgehead atoms. The maximum absolute atomic E-state index is 11.7. The topological polar surface area (TPSA) is 65.2 Å². The third-order valence-electron chi connectivity index (χ3n) is 2.52. The molecule has 0 amide bonds. The van der Waals surface area contributed by atoms with Crippen LogP contribution in [-0.4, -0.2) is 28.0 Å². The molecule has 0 spiro atoms. The van der Waals surface area contributed by atoms with Gasteiger partial charge in [-0.3, -0.25) is 4.79 Å². The van der Waals surface area contributed by atoms with E-state index in [4.69, 9.17) is 9.15 Å². The molecule has 0 aliphatic rings. The van der Waals surface area contributed by atoms with Gasteiger partial charge in [-0.1, -0.05) is 18.7 Å². The molecule has 108 valence electrons. The molecule has 1 atom stereocenters. The van der Waals surface area contributed by atoms with E-state index >= 15 is 0 Å². The quantitative estimate of drug-likeness (QED) is 0.600. The zero-order chi connectivity index (χ0) is 14.5. The Kier molecular flexibility index (Phi) is 5.19. The maximum Gasteiger partial charge on any atom is 0.319 e. The summed E-state index contributed by atoms with van der Waals surface area (Å²) in [4.78, 5) is 12.6. The summed E-state index contributed by atoms with van der Waals surface area (Å²) in [5, 5.41) is 9.98. The summed E-state index contributed by atoms with van der Waals surface area (Å²) in [6, 6.07) is 2.00. The van der Waals surface area contributed by atoms with Gasteiger partial charge in [0.05, 0.1) is 11.5 Å². The molecule has 7 heteroatoms. The Morgan fingerprint density at radius 2 is 2.35 bits per heavy atom. The van der Waals surface area contributed by atoms with Crippen LogP contribution in [0.2, 0.25) is 0 Å². The van der Waals surface area contributed by atoms with Gasteiger partial charge in [0.2, 0.25) is 0 Å². The lowest BCUT2D eigenvalue weighted by Gasteiger charge is -2.07. The number of ether oxygens (including phenoxy) is 1. The number of hydrogen-bond acceptors (Lipinski definition) is 7. The van der Waals surface area contributed by atoms with E-state index in [2.05, 4.69) is 10.2 Å². The minimum atomic E-state index is -0.362. The van der Waals surface area contributed by atoms with Crippen molar-refractivity contribution in [3.63, 3.8) is 0 Å². The molecule has 0 aliphatic carbocycles. The van der Waals surface area contributed by atoms with Crippen LogP contribution >= 0.6 is 23.1 Å². The third-order valence-corrected chi connectivity index (χ3v) is 4.44. The smallest absolute Gasteiger partial charge is 0.319 e. The van der Waals surface area contributed by atoms with Gasteiger partial charge in [-0.15, -0.1) is 21.5 Å². The Bertz CT molecular complexity index is 580. The van der Waals surface area contributed by atoms with Gasteiger partial charge >= 0.3 is 5.97 Å². The van der Waals surface area contributed by atoms with E-state index in [1.807, 2.05) is 25.3 Å². The molecule has 0 N–H and O–H groups in total. The number of aryl methyl sites for hydroxylation is 1. The summed E-state index contributed by atoms with van der Waals surface area (Å²) < 4.78 is 10.7. The van der Waals surface area contributed by atoms with Crippen molar-refractivity contribution < 1.29 is 13.9 Å². The molecule has 0 aromatic carbocycles. The summed E-state index contributed by atoms with van der Waals surface area (Å²) >= 11 is 2.77. The van der Waals surface area contributed by atoms with Gasteiger partial charge in [-0.05, 0) is 37.3 Å². The highest BCUT2D eigenvalue weighted by Crippen LogP contribution is 2.31. The molecule has 2 aromatic heterocycles. The Balaban J connectivity index is 1.99. The van der Waals surface area contributed by atoms with Gasteiger partial charge in [-0.2, -0.15) is 0 Å². The molecule has 0 radical (unpaired) electrons. The fourth-order valence-electron chi connectivity index (χ4n) is 1.46. The zero-order valence-electron chi connectivity index (χ0n) is 11.6. The normalized spacial score (nSPS) is 12.3. The molecule has 0 aliphatic heterocycles. The highest BCUT2D eigenvalue weighted by Gasteiger charge is 2.20. The molecule has 1 unspecified atom stereocenters. The predicted octanol–water partition coefficient (Wildman–Crippen LogP) is 3.54. The van der Waals surface area contributed by atoms with Crippen LogP contribution in [0.25, 0.3) is 10.8 Å². The second-order valence-corrected chi connectivity index (χ2v) is 6.44. The van der Waals surface area contributed by atoms with E-state index in [0.717, 1.165) is 16.9 Å². The van der Waals surface area contributed by atoms with Crippen LogP contribution in [0.3, 0.4) is 0 Å². The van der Waals surface area contributed by atoms with E-state index < -0.39 is 0 Å². The Morgan fingerprint density at radius 1 is 1.55 bits per heavy atom. The third kappa shape index (κ3) is 3.61. The van der Waals surface area contributed by atoms with Gasteiger partial charge in [0.1, 0.15) is 5.25 Å². The van der Waals surface area contributed by atoms with Crippen molar-refractivity contribution in [3.8, 4) is 10.8 Å². The van der Waals surface area contributed by atoms with Gasteiger partial charge in [-0.25, -0.2) is 0 Å².